The van der Waals surface area contributed by atoms with Gasteiger partial charge in [-0.1, -0.05) is 46.3 Å². The Labute approximate surface area is 619 Å². The molecule has 11 aliphatic heterocycles. The molecule has 0 unspecified atom stereocenters. The van der Waals surface area contributed by atoms with Crippen LogP contribution in [0.25, 0.3) is 0 Å². The summed E-state index contributed by atoms with van der Waals surface area (Å²) >= 11 is 6.58. The smallest absolute Gasteiger partial charge is 0.308 e. The maximum Gasteiger partial charge on any atom is 0.308 e. The van der Waals surface area contributed by atoms with Crippen LogP contribution < -0.4 is 37.9 Å². The van der Waals surface area contributed by atoms with Crippen LogP contribution in [0.2, 0.25) is 0 Å². The summed E-state index contributed by atoms with van der Waals surface area (Å²) in [5.41, 5.74) is 9.75. The summed E-state index contributed by atoms with van der Waals surface area (Å²) < 4.78 is 49.0. The van der Waals surface area contributed by atoms with E-state index < -0.39 is 83.9 Å². The number of carbonyl (C=O) groups excluding carboxylic acids is 8. The molecule has 11 heterocycles. The number of likely N-dealkylation sites (N-methyl/N-ethyl adjacent to an activating group) is 2. The topological polar surface area (TPSA) is 321 Å². The Bertz CT molecular complexity index is 4890. The van der Waals surface area contributed by atoms with Crippen molar-refractivity contribution in [3.05, 3.63) is 148 Å². The van der Waals surface area contributed by atoms with Gasteiger partial charge < -0.3 is 48.1 Å². The van der Waals surface area contributed by atoms with E-state index in [0.717, 1.165) is 30.7 Å². The Kier molecular flexibility index (Phi) is 17.8. The molecule has 11 aliphatic rings. The molecule has 6 aromatic rings. The number of piperazine rings is 2. The van der Waals surface area contributed by atoms with Crippen LogP contribution in [0.15, 0.2) is 59.1 Å². The van der Waals surface area contributed by atoms with Gasteiger partial charge in [0.25, 0.3) is 23.6 Å². The van der Waals surface area contributed by atoms with Crippen LogP contribution >= 0.6 is 32.1 Å². The molecule has 105 heavy (non-hydrogen) atoms. The summed E-state index contributed by atoms with van der Waals surface area (Å²) in [7, 11) is 6.94. The number of hydrogen-bond acceptors (Lipinski definition) is 24. The molecule has 4 bridgehead atoms. The molecule has 0 aromatic heterocycles. The van der Waals surface area contributed by atoms with Gasteiger partial charge in [-0.2, -0.15) is 10.5 Å². The SMILES string of the molecule is COc1c(C)c(Br)c2c(c1O)[C@@H]1[C@@H]3Cc4c(OC(C)=O)c(C)c5c(c4[C@H](CN4C(=O)c6ccccc6C4=O)N3[C@@H](C#N)[C@H](C2)N1C)OCO5.COc1c(C)cc2c(c1O)[C@@H]1[C@@H]3Cc4c(OC(C)=O)c(C)c5c(c4[C@H](CN4C(=O)c6ccccc6C4=O)N3[C@@H](C#N)[C@H](C2)N1C)OCO5.O=C1CCC(=O)N1Br. The van der Waals surface area contributed by atoms with E-state index in [0.29, 0.717) is 151 Å². The van der Waals surface area contributed by atoms with Crippen molar-refractivity contribution in [2.45, 2.75) is 140 Å². The molecule has 0 saturated carbocycles. The number of imide groups is 3. The van der Waals surface area contributed by atoms with Gasteiger partial charge in [-0.15, -0.1) is 0 Å². The third-order valence-corrected chi connectivity index (χ3v) is 24.5. The lowest BCUT2D eigenvalue weighted by atomic mass is 9.71. The normalized spacial score (nSPS) is 24.7. The number of ether oxygens (including phenoxy) is 8. The molecule has 3 fully saturated rings. The van der Waals surface area contributed by atoms with Crippen LogP contribution in [0.4, 0.5) is 0 Å². The van der Waals surface area contributed by atoms with Crippen LogP contribution in [0.5, 0.6) is 57.5 Å². The molecule has 6 amide bonds. The Morgan fingerprint density at radius 3 is 1.32 bits per heavy atom. The minimum Gasteiger partial charge on any atom is -0.504 e. The number of carbonyl (C=O) groups is 8. The van der Waals surface area contributed by atoms with Crippen LogP contribution in [-0.4, -0.2) is 182 Å². The van der Waals surface area contributed by atoms with Gasteiger partial charge in [0.2, 0.25) is 25.4 Å². The lowest BCUT2D eigenvalue weighted by Gasteiger charge is -2.60. The van der Waals surface area contributed by atoms with Crippen LogP contribution in [0, 0.1) is 50.4 Å². The fraction of sp³-hybridized carbons (Fsp3) is 0.395. The summed E-state index contributed by atoms with van der Waals surface area (Å²) in [4.78, 5) is 112. The second-order valence-electron chi connectivity index (χ2n) is 27.9. The zero-order chi connectivity index (χ0) is 74.5. The highest BCUT2D eigenvalue weighted by Crippen LogP contribution is 2.62. The van der Waals surface area contributed by atoms with E-state index in [9.17, 15) is 59.1 Å². The van der Waals surface area contributed by atoms with E-state index in [4.69, 9.17) is 37.9 Å². The van der Waals surface area contributed by atoms with Crippen molar-refractivity contribution in [3.63, 3.8) is 0 Å². The third-order valence-electron chi connectivity index (χ3n) is 22.6. The van der Waals surface area contributed by atoms with Crippen LogP contribution in [0.3, 0.4) is 0 Å². The predicted molar refractivity (Wildman–Crippen MR) is 376 cm³/mol. The maximum atomic E-state index is 13.8. The maximum absolute atomic E-state index is 13.8. The Morgan fingerprint density at radius 2 is 0.933 bits per heavy atom. The number of nitriles is 2. The van der Waals surface area contributed by atoms with Gasteiger partial charge in [0.05, 0.1) is 88.9 Å². The number of benzene rings is 6. The molecule has 10 atom stereocenters. The fourth-order valence-electron chi connectivity index (χ4n) is 18.3. The Morgan fingerprint density at radius 1 is 0.543 bits per heavy atom. The van der Waals surface area contributed by atoms with Crippen LogP contribution in [0.1, 0.15) is 159 Å². The number of rotatable bonds is 8. The van der Waals surface area contributed by atoms with Gasteiger partial charge in [0.15, 0.2) is 46.0 Å². The van der Waals surface area contributed by atoms with E-state index in [1.807, 2.05) is 34.0 Å². The first kappa shape index (κ1) is 70.5. The first-order valence-electron chi connectivity index (χ1n) is 34.2. The monoisotopic (exact) mass is 1560 g/mol. The fourth-order valence-corrected chi connectivity index (χ4v) is 19.2. The molecule has 542 valence electrons. The molecule has 3 saturated heterocycles. The number of fused-ring (bicyclic) bond motifs is 20. The third kappa shape index (κ3) is 10.6. The largest absolute Gasteiger partial charge is 0.504 e. The predicted octanol–water partition coefficient (Wildman–Crippen LogP) is 8.69. The second-order valence-corrected chi connectivity index (χ2v) is 29.4. The van der Waals surface area contributed by atoms with Crippen molar-refractivity contribution in [2.24, 2.45) is 0 Å². The minimum atomic E-state index is -0.760. The van der Waals surface area contributed by atoms with Crippen molar-refractivity contribution in [2.75, 3.05) is 55.0 Å². The molecule has 29 heteroatoms. The molecule has 6 aromatic carbocycles. The first-order chi connectivity index (χ1) is 50.3. The molecular formula is C76H71Br2N9O18. The van der Waals surface area contributed by atoms with Gasteiger partial charge in [0.1, 0.15) is 23.6 Å². The molecule has 0 aliphatic carbocycles. The Hall–Kier alpha value is -10.1. The highest BCUT2D eigenvalue weighted by atomic mass is 79.9. The quantitative estimate of drug-likeness (QED) is 0.0622. The molecule has 0 spiro atoms. The van der Waals surface area contributed by atoms with E-state index in [-0.39, 0.29) is 62.1 Å². The standard InChI is InChI=1S/C36H33BrN4O8.C36H34N4O8.C4H4BrNO2/c1-15-28(37)20-10-22-24(12-38)41-23(29(39(22)4)27(20)30(43)32(15)46-5)11-21-26(34-33(47-14-48-34)16(2)31(21)49-17(3)42)25(41)13-40-35(44)18-8-6-7-9-19(18)36(40)45;1-16-10-19-11-23-25(13-37)40-24(29(38(23)4)27(19)30(42)31(16)45-5)12-22-28(34-33(46-15-47-34)17(2)32(22)48-18(3)41)26(40)14-39-35(43)20-8-6-7-9-21(20)36(39)44;5-6-3(7)1-2-4(6)8/h6-9,22-25,29,43H,10-11,13-14H2,1-5H3;6-10,23-26,29,42H,11-12,14-15H2,1-5H3;1-2H2/t22-,23-,24-,25-,29-;23-,24-,25-,26-,29-;/m00./s1. The van der Waals surface area contributed by atoms with E-state index in [1.54, 1.807) is 62.4 Å². The second kappa shape index (κ2) is 26.5. The number of phenols is 2. The first-order valence-corrected chi connectivity index (χ1v) is 35.7. The van der Waals surface area contributed by atoms with Gasteiger partial charge in [-0.3, -0.25) is 67.8 Å². The van der Waals surface area contributed by atoms with Crippen molar-refractivity contribution >= 4 is 79.5 Å². The molecular weight excluding hydrogens is 1490 g/mol. The number of phenolic OH excluding ortho intramolecular Hbond substituents is 2. The number of aryl methyl sites for hydroxylation is 1. The highest BCUT2D eigenvalue weighted by Gasteiger charge is 2.61. The summed E-state index contributed by atoms with van der Waals surface area (Å²) in [6, 6.07) is 15.3. The summed E-state index contributed by atoms with van der Waals surface area (Å²) in [5.74, 6) is 0.121. The van der Waals surface area contributed by atoms with Crippen molar-refractivity contribution in [1.82, 2.24) is 33.3 Å². The average Bonchev–Trinajstić information content (AvgIpc) is 1.40. The Balaban J connectivity index is 0.000000152. The zero-order valence-corrected chi connectivity index (χ0v) is 61.9. The number of hydrogen-bond donors (Lipinski definition) is 2. The highest BCUT2D eigenvalue weighted by molar-refractivity contribution is 9.10. The van der Waals surface area contributed by atoms with E-state index in [1.165, 1.54) is 37.9 Å². The molecule has 0 radical (unpaired) electrons. The van der Waals surface area contributed by atoms with Crippen LogP contribution in [-0.2, 0) is 44.9 Å². The summed E-state index contributed by atoms with van der Waals surface area (Å²) in [6.07, 6.45) is 2.23. The zero-order valence-electron chi connectivity index (χ0n) is 58.7. The van der Waals surface area contributed by atoms with Gasteiger partial charge >= 0.3 is 11.9 Å². The number of halogens is 2. The van der Waals surface area contributed by atoms with Crippen molar-refractivity contribution < 1.29 is 86.5 Å². The van der Waals surface area contributed by atoms with E-state index >= 15 is 0 Å². The molecule has 17 rings (SSSR count). The van der Waals surface area contributed by atoms with Gasteiger partial charge in [-0.05, 0) is 108 Å². The van der Waals surface area contributed by atoms with E-state index in [2.05, 4.69) is 63.8 Å². The number of methoxy groups -OCH3 is 2. The van der Waals surface area contributed by atoms with Gasteiger partial charge in [0, 0.05) is 118 Å². The molecule has 2 N–H and O–H groups in total. The number of esters is 2. The van der Waals surface area contributed by atoms with Gasteiger partial charge in [-0.25, -0.2) is 3.93 Å². The summed E-state index contributed by atoms with van der Waals surface area (Å²) in [6.45, 7) is 9.68. The summed E-state index contributed by atoms with van der Waals surface area (Å²) in [5, 5.41) is 45.5. The number of amides is 6. The lowest BCUT2D eigenvalue weighted by molar-refractivity contribution is -0.133. The number of aromatic hydroxyl groups is 2. The minimum absolute atomic E-state index is 0.0219. The lowest BCUT2D eigenvalue weighted by Crippen LogP contribution is -2.69. The number of nitrogens with zero attached hydrogens (tertiary/aromatic N) is 9. The van der Waals surface area contributed by atoms with Crippen molar-refractivity contribution in [1.29, 1.82) is 10.5 Å². The molecule has 27 nitrogen and oxygen atoms in total. The average molecular weight is 1560 g/mol. The van der Waals surface area contributed by atoms with Crippen molar-refractivity contribution in [3.8, 4) is 69.6 Å².